The summed E-state index contributed by atoms with van der Waals surface area (Å²) in [6.45, 7) is 5.17. The van der Waals surface area contributed by atoms with Crippen molar-refractivity contribution >= 4 is 17.7 Å². The van der Waals surface area contributed by atoms with Gasteiger partial charge in [0.05, 0.1) is 0 Å². The van der Waals surface area contributed by atoms with Crippen LogP contribution < -0.4 is 16.6 Å². The molecule has 6 heteroatoms. The minimum Gasteiger partial charge on any atom is -0.382 e. The lowest BCUT2D eigenvalue weighted by Crippen LogP contribution is -2.42. The molecular formula is C12H28N4OS. The highest BCUT2D eigenvalue weighted by molar-refractivity contribution is 7.98. The van der Waals surface area contributed by atoms with Crippen molar-refractivity contribution in [3.05, 3.63) is 0 Å². The molecule has 0 unspecified atom stereocenters. The number of nitrogens with one attached hydrogen (secondary N) is 2. The van der Waals surface area contributed by atoms with Crippen LogP contribution >= 0.6 is 11.8 Å². The lowest BCUT2D eigenvalue weighted by molar-refractivity contribution is 0.146. The van der Waals surface area contributed by atoms with Crippen LogP contribution in [0, 0.1) is 0 Å². The Bertz CT molecular complexity index is 203. The molecule has 5 nitrogen and oxygen atoms in total. The molecule has 0 atom stereocenters. The van der Waals surface area contributed by atoms with Crippen LogP contribution in [0.25, 0.3) is 0 Å². The van der Waals surface area contributed by atoms with E-state index in [-0.39, 0.29) is 0 Å². The van der Waals surface area contributed by atoms with Crippen LogP contribution in [0.5, 0.6) is 0 Å². The summed E-state index contributed by atoms with van der Waals surface area (Å²) < 4.78 is 5.24. The van der Waals surface area contributed by atoms with Crippen LogP contribution in [0.1, 0.15) is 32.6 Å². The van der Waals surface area contributed by atoms with Crippen LogP contribution in [0.2, 0.25) is 0 Å². The zero-order valence-corrected chi connectivity index (χ0v) is 12.5. The van der Waals surface area contributed by atoms with Crippen molar-refractivity contribution in [2.75, 3.05) is 38.3 Å². The number of hydrogen-bond acceptors (Lipinski definition) is 4. The maximum Gasteiger partial charge on any atom is 0.205 e. The van der Waals surface area contributed by atoms with Gasteiger partial charge in [-0.25, -0.2) is 5.84 Å². The van der Waals surface area contributed by atoms with Gasteiger partial charge < -0.3 is 10.1 Å². The highest BCUT2D eigenvalue weighted by Crippen LogP contribution is 2.01. The van der Waals surface area contributed by atoms with Crippen molar-refractivity contribution in [3.63, 3.8) is 0 Å². The third-order valence-corrected chi connectivity index (χ3v) is 3.07. The van der Waals surface area contributed by atoms with E-state index in [2.05, 4.69) is 22.0 Å². The molecule has 0 aliphatic carbocycles. The monoisotopic (exact) mass is 276 g/mol. The maximum atomic E-state index is 5.40. The summed E-state index contributed by atoms with van der Waals surface area (Å²) in [5.41, 5.74) is 2.59. The topological polar surface area (TPSA) is 71.7 Å². The van der Waals surface area contributed by atoms with Crippen LogP contribution in [-0.2, 0) is 4.74 Å². The van der Waals surface area contributed by atoms with E-state index in [0.29, 0.717) is 5.96 Å². The molecule has 0 spiro atoms. The van der Waals surface area contributed by atoms with Gasteiger partial charge in [-0.05, 0) is 38.2 Å². The first-order valence-electron chi connectivity index (χ1n) is 6.66. The van der Waals surface area contributed by atoms with Crippen molar-refractivity contribution in [2.24, 2.45) is 10.8 Å². The van der Waals surface area contributed by atoms with Gasteiger partial charge in [-0.15, -0.1) is 0 Å². The zero-order chi connectivity index (χ0) is 13.5. The van der Waals surface area contributed by atoms with E-state index >= 15 is 0 Å². The Kier molecular flexibility index (Phi) is 14.2. The fraction of sp³-hybridized carbons (Fsp3) is 0.917. The third kappa shape index (κ3) is 12.0. The average molecular weight is 276 g/mol. The van der Waals surface area contributed by atoms with Gasteiger partial charge in [0.1, 0.15) is 0 Å². The maximum absolute atomic E-state index is 5.40. The third-order valence-electron chi connectivity index (χ3n) is 2.38. The van der Waals surface area contributed by atoms with E-state index in [0.717, 1.165) is 39.1 Å². The average Bonchev–Trinajstić information content (AvgIpc) is 2.40. The molecule has 4 N–H and O–H groups in total. The molecule has 18 heavy (non-hydrogen) atoms. The molecule has 0 rings (SSSR count). The van der Waals surface area contributed by atoms with Crippen molar-refractivity contribution in [3.8, 4) is 0 Å². The summed E-state index contributed by atoms with van der Waals surface area (Å²) in [5.74, 6) is 7.32. The van der Waals surface area contributed by atoms with Crippen molar-refractivity contribution < 1.29 is 4.74 Å². The lowest BCUT2D eigenvalue weighted by atomic mass is 10.2. The number of nitrogens with zero attached hydrogens (tertiary/aromatic N) is 1. The number of rotatable bonds is 11. The smallest absolute Gasteiger partial charge is 0.205 e. The number of nitrogens with two attached hydrogens (primary N) is 1. The highest BCUT2D eigenvalue weighted by atomic mass is 32.2. The minimum absolute atomic E-state index is 0.677. The highest BCUT2D eigenvalue weighted by Gasteiger charge is 1.95. The van der Waals surface area contributed by atoms with Gasteiger partial charge in [-0.2, -0.15) is 11.8 Å². The first kappa shape index (κ1) is 17.5. The Labute approximate surface area is 115 Å². The molecule has 0 heterocycles. The molecule has 0 aromatic carbocycles. The normalized spacial score (nSPS) is 11.6. The Morgan fingerprint density at radius 2 is 2.11 bits per heavy atom. The molecular weight excluding hydrogens is 248 g/mol. The summed E-state index contributed by atoms with van der Waals surface area (Å²) in [7, 11) is 0. The summed E-state index contributed by atoms with van der Waals surface area (Å²) in [4.78, 5) is 4.33. The van der Waals surface area contributed by atoms with Gasteiger partial charge in [-0.1, -0.05) is 6.42 Å². The Hall–Kier alpha value is -0.460. The molecule has 0 amide bonds. The lowest BCUT2D eigenvalue weighted by Gasteiger charge is -2.09. The number of hydrazine groups is 1. The second-order valence-corrected chi connectivity index (χ2v) is 4.89. The summed E-state index contributed by atoms with van der Waals surface area (Å²) in [6, 6.07) is 0. The van der Waals surface area contributed by atoms with E-state index < -0.39 is 0 Å². The summed E-state index contributed by atoms with van der Waals surface area (Å²) >= 11 is 1.90. The Morgan fingerprint density at radius 1 is 1.28 bits per heavy atom. The second kappa shape index (κ2) is 14.6. The van der Waals surface area contributed by atoms with Gasteiger partial charge >= 0.3 is 0 Å². The number of guanidine groups is 1. The second-order valence-electron chi connectivity index (χ2n) is 3.91. The number of aliphatic imine (C=N–C) groups is 1. The van der Waals surface area contributed by atoms with Crippen molar-refractivity contribution in [1.29, 1.82) is 0 Å². The van der Waals surface area contributed by atoms with Crippen LogP contribution in [0.4, 0.5) is 0 Å². The van der Waals surface area contributed by atoms with E-state index in [9.17, 15) is 0 Å². The number of thioether (sulfide) groups is 1. The number of ether oxygens (including phenoxy) is 1. The molecule has 0 saturated carbocycles. The van der Waals surface area contributed by atoms with E-state index in [1.807, 2.05) is 18.7 Å². The van der Waals surface area contributed by atoms with Gasteiger partial charge in [0.25, 0.3) is 0 Å². The largest absolute Gasteiger partial charge is 0.382 e. The quantitative estimate of drug-likeness (QED) is 0.175. The van der Waals surface area contributed by atoms with E-state index in [1.165, 1.54) is 18.6 Å². The molecule has 0 aliphatic rings. The standard InChI is InChI=1S/C12H28N4OS/c1-3-17-10-7-9-15-12(16-13)14-8-5-4-6-11-18-2/h3-11,13H2,1-2H3,(H2,14,15,16). The van der Waals surface area contributed by atoms with E-state index in [1.54, 1.807) is 0 Å². The zero-order valence-electron chi connectivity index (χ0n) is 11.7. The Morgan fingerprint density at radius 3 is 2.78 bits per heavy atom. The fourth-order valence-corrected chi connectivity index (χ4v) is 1.90. The van der Waals surface area contributed by atoms with Crippen LogP contribution in [0.15, 0.2) is 4.99 Å². The Balaban J connectivity index is 3.47. The minimum atomic E-state index is 0.677. The first-order chi connectivity index (χ1) is 8.85. The molecule has 0 aliphatic heterocycles. The molecule has 0 bridgehead atoms. The summed E-state index contributed by atoms with van der Waals surface area (Å²) in [6.07, 6.45) is 6.74. The SMILES string of the molecule is CCOCCCN=C(NN)NCCCCCSC. The molecule has 0 fully saturated rings. The van der Waals surface area contributed by atoms with Crippen LogP contribution in [0.3, 0.4) is 0 Å². The van der Waals surface area contributed by atoms with E-state index in [4.69, 9.17) is 10.6 Å². The van der Waals surface area contributed by atoms with Gasteiger partial charge in [0.2, 0.25) is 5.96 Å². The van der Waals surface area contributed by atoms with Crippen molar-refractivity contribution in [2.45, 2.75) is 32.6 Å². The van der Waals surface area contributed by atoms with Gasteiger partial charge in [-0.3, -0.25) is 10.4 Å². The molecule has 0 radical (unpaired) electrons. The predicted molar refractivity (Wildman–Crippen MR) is 81.0 cm³/mol. The molecule has 0 aromatic heterocycles. The first-order valence-corrected chi connectivity index (χ1v) is 8.06. The molecule has 108 valence electrons. The number of hydrogen-bond donors (Lipinski definition) is 3. The van der Waals surface area contributed by atoms with Gasteiger partial charge in [0, 0.05) is 26.3 Å². The van der Waals surface area contributed by atoms with Gasteiger partial charge in [0.15, 0.2) is 0 Å². The van der Waals surface area contributed by atoms with Crippen LogP contribution in [-0.4, -0.2) is 44.3 Å². The number of unbranched alkanes of at least 4 members (excludes halogenated alkanes) is 2. The summed E-state index contributed by atoms with van der Waals surface area (Å²) in [5, 5.41) is 3.20. The van der Waals surface area contributed by atoms with Crippen molar-refractivity contribution in [1.82, 2.24) is 10.7 Å². The predicted octanol–water partition coefficient (Wildman–Crippen LogP) is 1.36. The molecule has 0 saturated heterocycles. The fourth-order valence-electron chi connectivity index (χ4n) is 1.41. The molecule has 0 aromatic rings.